The predicted octanol–water partition coefficient (Wildman–Crippen LogP) is 2.44. The van der Waals surface area contributed by atoms with E-state index < -0.39 is 0 Å². The van der Waals surface area contributed by atoms with E-state index in [4.69, 9.17) is 11.6 Å². The maximum absolute atomic E-state index is 11.7. The quantitative estimate of drug-likeness (QED) is 0.854. The second-order valence-electron chi connectivity index (χ2n) is 4.89. The molecule has 1 amide bonds. The zero-order chi connectivity index (χ0) is 13.2. The van der Waals surface area contributed by atoms with Crippen LogP contribution in [0.3, 0.4) is 0 Å². The average Bonchev–Trinajstić information content (AvgIpc) is 3.15. The van der Waals surface area contributed by atoms with Gasteiger partial charge in [0.05, 0.1) is 16.9 Å². The predicted molar refractivity (Wildman–Crippen MR) is 75.1 cm³/mol. The number of carbonyl (C=O) groups excluding carboxylic acids is 1. The number of hydrogen-bond donors (Lipinski definition) is 1. The van der Waals surface area contributed by atoms with Crippen molar-refractivity contribution in [1.29, 1.82) is 0 Å². The minimum atomic E-state index is 0.112. The van der Waals surface area contributed by atoms with Gasteiger partial charge in [-0.15, -0.1) is 11.6 Å². The summed E-state index contributed by atoms with van der Waals surface area (Å²) < 4.78 is 2.04. The molecule has 0 bridgehead atoms. The second-order valence-corrected chi connectivity index (χ2v) is 5.16. The van der Waals surface area contributed by atoms with E-state index in [1.54, 1.807) is 0 Å². The first-order valence-corrected chi connectivity index (χ1v) is 7.11. The lowest BCUT2D eigenvalue weighted by Crippen LogP contribution is -2.26. The molecular weight excluding hydrogens is 262 g/mol. The standard InChI is InChI=1S/C14H16ClN3O/c15-9-13-17-11-3-1-2-4-12(11)18(13)8-7-14(19)16-10-5-6-10/h1-4,10H,5-9H2,(H,16,19). The van der Waals surface area contributed by atoms with Gasteiger partial charge >= 0.3 is 0 Å². The topological polar surface area (TPSA) is 46.9 Å². The third-order valence-corrected chi connectivity index (χ3v) is 3.60. The molecule has 19 heavy (non-hydrogen) atoms. The number of carbonyl (C=O) groups is 1. The van der Waals surface area contributed by atoms with Gasteiger partial charge in [0.2, 0.25) is 5.91 Å². The van der Waals surface area contributed by atoms with Crippen molar-refractivity contribution in [2.45, 2.75) is 37.7 Å². The zero-order valence-electron chi connectivity index (χ0n) is 10.6. The van der Waals surface area contributed by atoms with Crippen LogP contribution in [0.15, 0.2) is 24.3 Å². The van der Waals surface area contributed by atoms with Crippen molar-refractivity contribution in [3.8, 4) is 0 Å². The molecule has 1 aliphatic carbocycles. The van der Waals surface area contributed by atoms with Crippen LogP contribution >= 0.6 is 11.6 Å². The number of hydrogen-bond acceptors (Lipinski definition) is 2. The number of aromatic nitrogens is 2. The van der Waals surface area contributed by atoms with Crippen molar-refractivity contribution in [2.24, 2.45) is 0 Å². The molecule has 3 rings (SSSR count). The molecule has 4 nitrogen and oxygen atoms in total. The monoisotopic (exact) mass is 277 g/mol. The molecule has 1 saturated carbocycles. The van der Waals surface area contributed by atoms with Crippen molar-refractivity contribution < 1.29 is 4.79 Å². The van der Waals surface area contributed by atoms with E-state index in [-0.39, 0.29) is 5.91 Å². The van der Waals surface area contributed by atoms with Crippen LogP contribution in [-0.2, 0) is 17.2 Å². The lowest BCUT2D eigenvalue weighted by atomic mass is 10.3. The number of fused-ring (bicyclic) bond motifs is 1. The number of para-hydroxylation sites is 2. The summed E-state index contributed by atoms with van der Waals surface area (Å²) in [5, 5.41) is 3.00. The Labute approximate surface area is 116 Å². The van der Waals surface area contributed by atoms with Crippen molar-refractivity contribution in [1.82, 2.24) is 14.9 Å². The van der Waals surface area contributed by atoms with E-state index in [9.17, 15) is 4.79 Å². The Hall–Kier alpha value is -1.55. The average molecular weight is 278 g/mol. The van der Waals surface area contributed by atoms with Crippen LogP contribution in [-0.4, -0.2) is 21.5 Å². The second kappa shape index (κ2) is 5.21. The zero-order valence-corrected chi connectivity index (χ0v) is 11.4. The number of imidazole rings is 1. The number of nitrogens with zero attached hydrogens (tertiary/aromatic N) is 2. The maximum atomic E-state index is 11.7. The number of halogens is 1. The first-order valence-electron chi connectivity index (χ1n) is 6.57. The Balaban J connectivity index is 1.76. The van der Waals surface area contributed by atoms with Crippen molar-refractivity contribution in [2.75, 3.05) is 0 Å². The molecule has 1 aromatic heterocycles. The SMILES string of the molecule is O=C(CCn1c(CCl)nc2ccccc21)NC1CC1. The molecule has 2 aromatic rings. The van der Waals surface area contributed by atoms with Gasteiger partial charge in [0, 0.05) is 19.0 Å². The van der Waals surface area contributed by atoms with Gasteiger partial charge in [-0.25, -0.2) is 4.98 Å². The molecule has 1 aromatic carbocycles. The van der Waals surface area contributed by atoms with Gasteiger partial charge in [-0.3, -0.25) is 4.79 Å². The number of alkyl halides is 1. The fraction of sp³-hybridized carbons (Fsp3) is 0.429. The van der Waals surface area contributed by atoms with Gasteiger partial charge in [-0.1, -0.05) is 12.1 Å². The molecular formula is C14H16ClN3O. The fourth-order valence-electron chi connectivity index (χ4n) is 2.22. The van der Waals surface area contributed by atoms with Crippen LogP contribution in [0.5, 0.6) is 0 Å². The normalized spacial score (nSPS) is 14.8. The van der Waals surface area contributed by atoms with E-state index in [1.165, 1.54) is 0 Å². The van der Waals surface area contributed by atoms with E-state index in [2.05, 4.69) is 10.3 Å². The molecule has 0 saturated heterocycles. The van der Waals surface area contributed by atoms with Crippen molar-refractivity contribution in [3.05, 3.63) is 30.1 Å². The van der Waals surface area contributed by atoms with Gasteiger partial charge in [0.1, 0.15) is 5.82 Å². The van der Waals surface area contributed by atoms with E-state index in [0.717, 1.165) is 29.7 Å². The Kier molecular flexibility index (Phi) is 3.42. The molecule has 5 heteroatoms. The summed E-state index contributed by atoms with van der Waals surface area (Å²) in [6, 6.07) is 8.32. The van der Waals surface area contributed by atoms with Crippen LogP contribution in [0.4, 0.5) is 0 Å². The Morgan fingerprint density at radius 1 is 1.42 bits per heavy atom. The number of benzene rings is 1. The number of nitrogens with one attached hydrogen (secondary N) is 1. The molecule has 0 spiro atoms. The molecule has 0 radical (unpaired) electrons. The third-order valence-electron chi connectivity index (χ3n) is 3.36. The molecule has 1 aliphatic rings. The summed E-state index contributed by atoms with van der Waals surface area (Å²) in [6.07, 6.45) is 2.71. The highest BCUT2D eigenvalue weighted by Gasteiger charge is 2.23. The van der Waals surface area contributed by atoms with Gasteiger partial charge in [-0.05, 0) is 25.0 Å². The summed E-state index contributed by atoms with van der Waals surface area (Å²) >= 11 is 5.93. The molecule has 1 heterocycles. The fourth-order valence-corrected chi connectivity index (χ4v) is 2.42. The van der Waals surface area contributed by atoms with Crippen molar-refractivity contribution in [3.63, 3.8) is 0 Å². The molecule has 0 atom stereocenters. The van der Waals surface area contributed by atoms with Gasteiger partial charge in [0.25, 0.3) is 0 Å². The Morgan fingerprint density at radius 2 is 2.21 bits per heavy atom. The van der Waals surface area contributed by atoms with Crippen LogP contribution in [0.25, 0.3) is 11.0 Å². The summed E-state index contributed by atoms with van der Waals surface area (Å²) in [6.45, 7) is 0.626. The van der Waals surface area contributed by atoms with E-state index in [0.29, 0.717) is 24.9 Å². The Bertz CT molecular complexity index is 604. The minimum Gasteiger partial charge on any atom is -0.353 e. The van der Waals surface area contributed by atoms with Crippen LogP contribution in [0, 0.1) is 0 Å². The van der Waals surface area contributed by atoms with Crippen LogP contribution in [0.2, 0.25) is 0 Å². The smallest absolute Gasteiger partial charge is 0.222 e. The number of aryl methyl sites for hydroxylation is 1. The van der Waals surface area contributed by atoms with Crippen molar-refractivity contribution >= 4 is 28.5 Å². The summed E-state index contributed by atoms with van der Waals surface area (Å²) in [7, 11) is 0. The molecule has 100 valence electrons. The molecule has 0 aliphatic heterocycles. The molecule has 0 unspecified atom stereocenters. The lowest BCUT2D eigenvalue weighted by molar-refractivity contribution is -0.121. The number of amides is 1. The molecule has 1 fully saturated rings. The summed E-state index contributed by atoms with van der Waals surface area (Å²) in [5.74, 6) is 1.29. The first-order chi connectivity index (χ1) is 9.28. The highest BCUT2D eigenvalue weighted by atomic mass is 35.5. The minimum absolute atomic E-state index is 0.112. The van der Waals surface area contributed by atoms with Gasteiger partial charge in [0.15, 0.2) is 0 Å². The van der Waals surface area contributed by atoms with Gasteiger partial charge < -0.3 is 9.88 Å². The van der Waals surface area contributed by atoms with E-state index >= 15 is 0 Å². The highest BCUT2D eigenvalue weighted by Crippen LogP contribution is 2.20. The summed E-state index contributed by atoms with van der Waals surface area (Å²) in [4.78, 5) is 16.2. The highest BCUT2D eigenvalue weighted by molar-refractivity contribution is 6.16. The first kappa shape index (κ1) is 12.5. The number of rotatable bonds is 5. The maximum Gasteiger partial charge on any atom is 0.222 e. The molecule has 1 N–H and O–H groups in total. The van der Waals surface area contributed by atoms with Crippen LogP contribution < -0.4 is 5.32 Å². The largest absolute Gasteiger partial charge is 0.353 e. The van der Waals surface area contributed by atoms with Crippen LogP contribution in [0.1, 0.15) is 25.1 Å². The third kappa shape index (κ3) is 2.73. The van der Waals surface area contributed by atoms with Gasteiger partial charge in [-0.2, -0.15) is 0 Å². The Morgan fingerprint density at radius 3 is 2.95 bits per heavy atom. The summed E-state index contributed by atoms with van der Waals surface area (Å²) in [5.41, 5.74) is 1.97. The lowest BCUT2D eigenvalue weighted by Gasteiger charge is -2.08. The van der Waals surface area contributed by atoms with E-state index in [1.807, 2.05) is 28.8 Å².